The van der Waals surface area contributed by atoms with E-state index in [9.17, 15) is 4.39 Å². The first kappa shape index (κ1) is 12.0. The van der Waals surface area contributed by atoms with E-state index >= 15 is 0 Å². The third kappa shape index (κ3) is 3.51. The number of hydrogen-bond acceptors (Lipinski definition) is 2. The smallest absolute Gasteiger partial charge is 0.123 e. The zero-order chi connectivity index (χ0) is 11.3. The van der Waals surface area contributed by atoms with Gasteiger partial charge in [-0.2, -0.15) is 0 Å². The average Bonchev–Trinajstić information content (AvgIpc) is 2.26. The quantitative estimate of drug-likeness (QED) is 0.741. The molecule has 1 aromatic carbocycles. The maximum absolute atomic E-state index is 13.0. The van der Waals surface area contributed by atoms with E-state index in [0.29, 0.717) is 0 Å². The topological polar surface area (TPSA) is 12.5 Å². The van der Waals surface area contributed by atoms with Crippen LogP contribution in [0.5, 0.6) is 5.75 Å². The molecule has 2 nitrogen and oxygen atoms in total. The van der Waals surface area contributed by atoms with E-state index in [-0.39, 0.29) is 5.82 Å². The molecule has 0 saturated carbocycles. The van der Waals surface area contributed by atoms with Crippen molar-refractivity contribution in [3.63, 3.8) is 0 Å². The predicted octanol–water partition coefficient (Wildman–Crippen LogP) is 2.33. The molecule has 0 aliphatic rings. The van der Waals surface area contributed by atoms with Gasteiger partial charge in [0, 0.05) is 6.54 Å². The Morgan fingerprint density at radius 1 is 1.40 bits per heavy atom. The van der Waals surface area contributed by atoms with Crippen LogP contribution in [-0.2, 0) is 6.42 Å². The summed E-state index contributed by atoms with van der Waals surface area (Å²) < 4.78 is 18.2. The molecule has 0 atom stereocenters. The lowest BCUT2D eigenvalue weighted by Crippen LogP contribution is -2.20. The van der Waals surface area contributed by atoms with Crippen molar-refractivity contribution < 1.29 is 9.13 Å². The van der Waals surface area contributed by atoms with E-state index in [0.717, 1.165) is 30.8 Å². The summed E-state index contributed by atoms with van der Waals surface area (Å²) in [6, 6.07) is 4.64. The Kier molecular flexibility index (Phi) is 4.56. The van der Waals surface area contributed by atoms with Crippen LogP contribution in [0, 0.1) is 5.82 Å². The number of methoxy groups -OCH3 is 1. The maximum atomic E-state index is 13.0. The third-order valence-corrected chi connectivity index (χ3v) is 2.55. The van der Waals surface area contributed by atoms with Crippen molar-refractivity contribution in [2.24, 2.45) is 0 Å². The molecule has 15 heavy (non-hydrogen) atoms. The molecule has 1 rings (SSSR count). The van der Waals surface area contributed by atoms with Crippen LogP contribution in [0.25, 0.3) is 0 Å². The minimum Gasteiger partial charge on any atom is -0.496 e. The Hall–Kier alpha value is -1.09. The van der Waals surface area contributed by atoms with Gasteiger partial charge in [-0.3, -0.25) is 0 Å². The molecule has 0 aromatic heterocycles. The predicted molar refractivity (Wildman–Crippen MR) is 59.8 cm³/mol. The first-order valence-corrected chi connectivity index (χ1v) is 5.18. The van der Waals surface area contributed by atoms with Crippen molar-refractivity contribution in [1.29, 1.82) is 0 Å². The van der Waals surface area contributed by atoms with Gasteiger partial charge in [0.15, 0.2) is 0 Å². The lowest BCUT2D eigenvalue weighted by molar-refractivity contribution is 0.352. The van der Waals surface area contributed by atoms with Crippen LogP contribution in [0.2, 0.25) is 0 Å². The zero-order valence-electron chi connectivity index (χ0n) is 9.59. The maximum Gasteiger partial charge on any atom is 0.123 e. The Morgan fingerprint density at radius 3 is 2.73 bits per heavy atom. The van der Waals surface area contributed by atoms with E-state index in [1.165, 1.54) is 6.07 Å². The van der Waals surface area contributed by atoms with Crippen molar-refractivity contribution in [2.45, 2.75) is 13.3 Å². The number of nitrogens with zero attached hydrogens (tertiary/aromatic N) is 1. The zero-order valence-corrected chi connectivity index (χ0v) is 9.59. The van der Waals surface area contributed by atoms with E-state index in [1.54, 1.807) is 19.2 Å². The van der Waals surface area contributed by atoms with Gasteiger partial charge >= 0.3 is 0 Å². The fourth-order valence-electron chi connectivity index (χ4n) is 1.41. The molecule has 1 aromatic rings. The van der Waals surface area contributed by atoms with E-state index in [1.807, 2.05) is 7.05 Å². The van der Waals surface area contributed by atoms with E-state index < -0.39 is 0 Å². The molecule has 0 saturated heterocycles. The Balaban J connectivity index is 2.69. The summed E-state index contributed by atoms with van der Waals surface area (Å²) in [5.74, 6) is 0.561. The van der Waals surface area contributed by atoms with Crippen molar-refractivity contribution in [3.8, 4) is 5.75 Å². The van der Waals surface area contributed by atoms with Crippen LogP contribution in [0.3, 0.4) is 0 Å². The highest BCUT2D eigenvalue weighted by Crippen LogP contribution is 2.19. The first-order chi connectivity index (χ1) is 7.17. The van der Waals surface area contributed by atoms with Gasteiger partial charge in [0.25, 0.3) is 0 Å². The Morgan fingerprint density at radius 2 is 2.13 bits per heavy atom. The summed E-state index contributed by atoms with van der Waals surface area (Å²) in [6.45, 7) is 4.01. The van der Waals surface area contributed by atoms with E-state index in [2.05, 4.69) is 11.8 Å². The summed E-state index contributed by atoms with van der Waals surface area (Å²) in [7, 11) is 3.66. The lowest BCUT2D eigenvalue weighted by Gasteiger charge is -2.15. The standard InChI is InChI=1S/C12H18FNO/c1-4-14(2)8-7-10-9-11(13)5-6-12(10)15-3/h5-6,9H,4,7-8H2,1-3H3. The number of hydrogen-bond donors (Lipinski definition) is 0. The summed E-state index contributed by atoms with van der Waals surface area (Å²) in [4.78, 5) is 2.18. The van der Waals surface area contributed by atoms with Crippen LogP contribution in [0.4, 0.5) is 4.39 Å². The molecule has 0 bridgehead atoms. The Labute approximate surface area is 90.7 Å². The molecule has 0 spiro atoms. The SMILES string of the molecule is CCN(C)CCc1cc(F)ccc1OC. The molecule has 0 aliphatic carbocycles. The van der Waals surface area contributed by atoms with Gasteiger partial charge in [0.2, 0.25) is 0 Å². The molecule has 0 aliphatic heterocycles. The van der Waals surface area contributed by atoms with Gasteiger partial charge < -0.3 is 9.64 Å². The number of benzene rings is 1. The van der Waals surface area contributed by atoms with Crippen LogP contribution in [0.15, 0.2) is 18.2 Å². The van der Waals surface area contributed by atoms with Crippen molar-refractivity contribution >= 4 is 0 Å². The van der Waals surface area contributed by atoms with Crippen LogP contribution < -0.4 is 4.74 Å². The van der Waals surface area contributed by atoms with Gasteiger partial charge in [-0.1, -0.05) is 6.92 Å². The monoisotopic (exact) mass is 211 g/mol. The molecule has 84 valence electrons. The van der Waals surface area contributed by atoms with Gasteiger partial charge in [-0.25, -0.2) is 4.39 Å². The molecule has 0 N–H and O–H groups in total. The highest BCUT2D eigenvalue weighted by atomic mass is 19.1. The van der Waals surface area contributed by atoms with Gasteiger partial charge in [0.1, 0.15) is 11.6 Å². The minimum absolute atomic E-state index is 0.204. The number of rotatable bonds is 5. The van der Waals surface area contributed by atoms with Crippen LogP contribution >= 0.6 is 0 Å². The van der Waals surface area contributed by atoms with Crippen molar-refractivity contribution in [3.05, 3.63) is 29.6 Å². The molecule has 0 fully saturated rings. The molecule has 0 heterocycles. The van der Waals surface area contributed by atoms with Gasteiger partial charge in [0.05, 0.1) is 7.11 Å². The third-order valence-electron chi connectivity index (χ3n) is 2.55. The van der Waals surface area contributed by atoms with Gasteiger partial charge in [-0.05, 0) is 43.8 Å². The molecule has 3 heteroatoms. The summed E-state index contributed by atoms with van der Waals surface area (Å²) >= 11 is 0. The summed E-state index contributed by atoms with van der Waals surface area (Å²) in [5, 5.41) is 0. The Bertz CT molecular complexity index is 314. The highest BCUT2D eigenvalue weighted by Gasteiger charge is 2.05. The second kappa shape index (κ2) is 5.71. The summed E-state index contributed by atoms with van der Waals surface area (Å²) in [5.41, 5.74) is 0.929. The summed E-state index contributed by atoms with van der Waals surface area (Å²) in [6.07, 6.45) is 0.811. The van der Waals surface area contributed by atoms with Crippen LogP contribution in [0.1, 0.15) is 12.5 Å². The number of likely N-dealkylation sites (N-methyl/N-ethyl adjacent to an activating group) is 1. The molecule has 0 amide bonds. The fraction of sp³-hybridized carbons (Fsp3) is 0.500. The lowest BCUT2D eigenvalue weighted by atomic mass is 10.1. The normalized spacial score (nSPS) is 10.7. The highest BCUT2D eigenvalue weighted by molar-refractivity contribution is 5.34. The van der Waals surface area contributed by atoms with Crippen molar-refractivity contribution in [2.75, 3.05) is 27.2 Å². The fourth-order valence-corrected chi connectivity index (χ4v) is 1.41. The molecular formula is C12H18FNO. The largest absolute Gasteiger partial charge is 0.496 e. The second-order valence-electron chi connectivity index (χ2n) is 3.60. The number of halogens is 1. The van der Waals surface area contributed by atoms with Crippen molar-refractivity contribution in [1.82, 2.24) is 4.90 Å². The second-order valence-corrected chi connectivity index (χ2v) is 3.60. The molecule has 0 unspecified atom stereocenters. The molecule has 0 radical (unpaired) electrons. The van der Waals surface area contributed by atoms with Gasteiger partial charge in [-0.15, -0.1) is 0 Å². The van der Waals surface area contributed by atoms with E-state index in [4.69, 9.17) is 4.74 Å². The average molecular weight is 211 g/mol. The minimum atomic E-state index is -0.204. The molecular weight excluding hydrogens is 193 g/mol. The number of ether oxygens (including phenoxy) is 1. The van der Waals surface area contributed by atoms with Crippen LogP contribution in [-0.4, -0.2) is 32.1 Å². The first-order valence-electron chi connectivity index (χ1n) is 5.18.